The van der Waals surface area contributed by atoms with Gasteiger partial charge in [-0.15, -0.1) is 0 Å². The maximum atomic E-state index is 12.9. The van der Waals surface area contributed by atoms with Crippen molar-refractivity contribution >= 4 is 11.0 Å². The van der Waals surface area contributed by atoms with E-state index < -0.39 is 17.4 Å². The maximum absolute atomic E-state index is 12.9. The van der Waals surface area contributed by atoms with E-state index in [1.165, 1.54) is 12.1 Å². The summed E-state index contributed by atoms with van der Waals surface area (Å²) in [5.74, 6) is 0.438. The first-order chi connectivity index (χ1) is 14.3. The van der Waals surface area contributed by atoms with Crippen molar-refractivity contribution in [2.75, 3.05) is 0 Å². The average Bonchev–Trinajstić information content (AvgIpc) is 2.73. The van der Waals surface area contributed by atoms with Gasteiger partial charge < -0.3 is 9.15 Å². The number of ether oxygens (including phenoxy) is 1. The van der Waals surface area contributed by atoms with E-state index in [-0.39, 0.29) is 6.61 Å². The van der Waals surface area contributed by atoms with Crippen molar-refractivity contribution in [3.63, 3.8) is 0 Å². The highest BCUT2D eigenvalue weighted by Crippen LogP contribution is 2.34. The fraction of sp³-hybridized carbons (Fsp3) is 0.125. The van der Waals surface area contributed by atoms with Crippen molar-refractivity contribution in [3.8, 4) is 16.9 Å². The van der Waals surface area contributed by atoms with E-state index in [1.54, 1.807) is 25.1 Å². The largest absolute Gasteiger partial charge is 0.488 e. The molecule has 4 aromatic rings. The first-order valence-electron chi connectivity index (χ1n) is 9.25. The Bertz CT molecular complexity index is 1260. The summed E-state index contributed by atoms with van der Waals surface area (Å²) in [7, 11) is 0. The van der Waals surface area contributed by atoms with Crippen LogP contribution in [-0.2, 0) is 12.8 Å². The second kappa shape index (κ2) is 7.71. The van der Waals surface area contributed by atoms with Crippen LogP contribution in [0.5, 0.6) is 5.75 Å². The molecular formula is C24H17F3O3. The van der Waals surface area contributed by atoms with Gasteiger partial charge in [-0.3, -0.25) is 0 Å². The first-order valence-corrected chi connectivity index (χ1v) is 9.25. The predicted molar refractivity (Wildman–Crippen MR) is 108 cm³/mol. The van der Waals surface area contributed by atoms with Crippen LogP contribution in [0.15, 0.2) is 82.0 Å². The molecule has 0 fully saturated rings. The van der Waals surface area contributed by atoms with E-state index in [0.717, 1.165) is 28.6 Å². The molecule has 3 aromatic carbocycles. The van der Waals surface area contributed by atoms with Crippen LogP contribution in [0, 0.1) is 6.92 Å². The zero-order valence-electron chi connectivity index (χ0n) is 16.0. The summed E-state index contributed by atoms with van der Waals surface area (Å²) in [6.07, 6.45) is -4.41. The lowest BCUT2D eigenvalue weighted by Gasteiger charge is -2.13. The Kier molecular flexibility index (Phi) is 5.08. The van der Waals surface area contributed by atoms with Gasteiger partial charge in [-0.25, -0.2) is 4.79 Å². The number of hydrogen-bond donors (Lipinski definition) is 0. The molecule has 0 atom stereocenters. The Morgan fingerprint density at radius 2 is 1.70 bits per heavy atom. The molecule has 30 heavy (non-hydrogen) atoms. The Morgan fingerprint density at radius 1 is 0.933 bits per heavy atom. The molecule has 6 heteroatoms. The van der Waals surface area contributed by atoms with Crippen LogP contribution in [0.2, 0.25) is 0 Å². The molecule has 0 aliphatic carbocycles. The van der Waals surface area contributed by atoms with Gasteiger partial charge >= 0.3 is 11.8 Å². The van der Waals surface area contributed by atoms with E-state index >= 15 is 0 Å². The zero-order chi connectivity index (χ0) is 21.3. The summed E-state index contributed by atoms with van der Waals surface area (Å²) in [5, 5.41) is 0.754. The third kappa shape index (κ3) is 3.94. The number of fused-ring (bicyclic) bond motifs is 1. The van der Waals surface area contributed by atoms with Crippen LogP contribution in [0.3, 0.4) is 0 Å². The van der Waals surface area contributed by atoms with Crippen LogP contribution in [-0.4, -0.2) is 0 Å². The third-order valence-electron chi connectivity index (χ3n) is 4.84. The molecule has 4 rings (SSSR count). The standard InChI is InChI=1S/C24H17F3O3/c1-15-21(29-14-16-6-5-9-18(12-16)24(25,26)27)11-10-19-20(13-22(28)30-23(15)19)17-7-3-2-4-8-17/h2-13H,14H2,1H3. The summed E-state index contributed by atoms with van der Waals surface area (Å²) in [6.45, 7) is 1.71. The third-order valence-corrected chi connectivity index (χ3v) is 4.84. The van der Waals surface area contributed by atoms with Crippen LogP contribution < -0.4 is 10.4 Å². The highest BCUT2D eigenvalue weighted by atomic mass is 19.4. The number of hydrogen-bond acceptors (Lipinski definition) is 3. The number of alkyl halides is 3. The van der Waals surface area contributed by atoms with Crippen LogP contribution in [0.4, 0.5) is 13.2 Å². The topological polar surface area (TPSA) is 39.4 Å². The van der Waals surface area contributed by atoms with Crippen molar-refractivity contribution in [2.24, 2.45) is 0 Å². The smallest absolute Gasteiger partial charge is 0.416 e. The second-order valence-electron chi connectivity index (χ2n) is 6.90. The molecule has 0 amide bonds. The second-order valence-corrected chi connectivity index (χ2v) is 6.90. The van der Waals surface area contributed by atoms with Crippen LogP contribution in [0.25, 0.3) is 22.1 Å². The lowest BCUT2D eigenvalue weighted by molar-refractivity contribution is -0.137. The van der Waals surface area contributed by atoms with Gasteiger partial charge in [0, 0.05) is 17.0 Å². The summed E-state index contributed by atoms with van der Waals surface area (Å²) < 4.78 is 49.9. The fourth-order valence-corrected chi connectivity index (χ4v) is 3.35. The summed E-state index contributed by atoms with van der Waals surface area (Å²) in [5.41, 5.74) is 1.81. The van der Waals surface area contributed by atoms with Crippen LogP contribution >= 0.6 is 0 Å². The normalized spacial score (nSPS) is 11.6. The molecule has 1 aromatic heterocycles. The molecule has 0 bridgehead atoms. The minimum atomic E-state index is -4.41. The molecule has 152 valence electrons. The predicted octanol–water partition coefficient (Wildman–Crippen LogP) is 6.37. The highest BCUT2D eigenvalue weighted by molar-refractivity contribution is 5.95. The number of benzene rings is 3. The maximum Gasteiger partial charge on any atom is 0.416 e. The molecule has 0 radical (unpaired) electrons. The van der Waals surface area contributed by atoms with E-state index in [9.17, 15) is 18.0 Å². The molecule has 0 saturated heterocycles. The Balaban J connectivity index is 1.69. The summed E-state index contributed by atoms with van der Waals surface area (Å²) in [6, 6.07) is 19.4. The van der Waals surface area contributed by atoms with E-state index in [2.05, 4.69) is 0 Å². The lowest BCUT2D eigenvalue weighted by Crippen LogP contribution is -2.06. The zero-order valence-corrected chi connectivity index (χ0v) is 16.0. The Morgan fingerprint density at radius 3 is 2.43 bits per heavy atom. The minimum absolute atomic E-state index is 0.0428. The van der Waals surface area contributed by atoms with Crippen molar-refractivity contribution in [3.05, 3.63) is 99.9 Å². The number of aryl methyl sites for hydroxylation is 1. The van der Waals surface area contributed by atoms with Crippen molar-refractivity contribution in [1.29, 1.82) is 0 Å². The Hall–Kier alpha value is -3.54. The summed E-state index contributed by atoms with van der Waals surface area (Å²) >= 11 is 0. The molecule has 3 nitrogen and oxygen atoms in total. The van der Waals surface area contributed by atoms with Gasteiger partial charge in [0.15, 0.2) is 0 Å². The average molecular weight is 410 g/mol. The number of rotatable bonds is 4. The van der Waals surface area contributed by atoms with Crippen molar-refractivity contribution < 1.29 is 22.3 Å². The molecular weight excluding hydrogens is 393 g/mol. The van der Waals surface area contributed by atoms with Crippen LogP contribution in [0.1, 0.15) is 16.7 Å². The fourth-order valence-electron chi connectivity index (χ4n) is 3.35. The molecule has 0 N–H and O–H groups in total. The molecule has 0 unspecified atom stereocenters. The molecule has 0 spiro atoms. The SMILES string of the molecule is Cc1c(OCc2cccc(C(F)(F)F)c2)ccc2c(-c3ccccc3)cc(=O)oc12. The van der Waals surface area contributed by atoms with Crippen molar-refractivity contribution in [1.82, 2.24) is 0 Å². The molecule has 1 heterocycles. The molecule has 0 aliphatic rings. The van der Waals surface area contributed by atoms with Gasteiger partial charge in [0.05, 0.1) is 5.56 Å². The molecule has 0 saturated carbocycles. The van der Waals surface area contributed by atoms with Crippen molar-refractivity contribution in [2.45, 2.75) is 19.7 Å². The highest BCUT2D eigenvalue weighted by Gasteiger charge is 2.30. The summed E-state index contributed by atoms with van der Waals surface area (Å²) in [4.78, 5) is 12.1. The molecule has 0 aliphatic heterocycles. The minimum Gasteiger partial charge on any atom is -0.488 e. The monoisotopic (exact) mass is 410 g/mol. The van der Waals surface area contributed by atoms with Gasteiger partial charge in [-0.1, -0.05) is 42.5 Å². The van der Waals surface area contributed by atoms with Gasteiger partial charge in [-0.05, 0) is 47.9 Å². The quantitative estimate of drug-likeness (QED) is 0.367. The lowest BCUT2D eigenvalue weighted by atomic mass is 10.0. The van der Waals surface area contributed by atoms with E-state index in [0.29, 0.717) is 22.5 Å². The Labute approximate surface area is 170 Å². The number of halogens is 3. The van der Waals surface area contributed by atoms with Gasteiger partial charge in [0.25, 0.3) is 0 Å². The van der Waals surface area contributed by atoms with Gasteiger partial charge in [0.2, 0.25) is 0 Å². The first kappa shape index (κ1) is 19.8. The van der Waals surface area contributed by atoms with Gasteiger partial charge in [-0.2, -0.15) is 13.2 Å². The van der Waals surface area contributed by atoms with E-state index in [4.69, 9.17) is 9.15 Å². The van der Waals surface area contributed by atoms with Gasteiger partial charge in [0.1, 0.15) is 17.9 Å². The van der Waals surface area contributed by atoms with E-state index in [1.807, 2.05) is 30.3 Å².